The number of nitrogens with one attached hydrogen (secondary N) is 1. The van der Waals surface area contributed by atoms with Crippen molar-refractivity contribution in [3.8, 4) is 11.5 Å². The van der Waals surface area contributed by atoms with Crippen molar-refractivity contribution < 1.29 is 9.21 Å². The zero-order valence-electron chi connectivity index (χ0n) is 14.6. The first-order valence-corrected chi connectivity index (χ1v) is 9.73. The van der Waals surface area contributed by atoms with Crippen LogP contribution in [-0.4, -0.2) is 16.9 Å². The first-order chi connectivity index (χ1) is 12.7. The molecule has 0 spiro atoms. The predicted molar refractivity (Wildman–Crippen MR) is 103 cm³/mol. The minimum Gasteiger partial charge on any atom is -0.441 e. The molecule has 1 aliphatic carbocycles. The van der Waals surface area contributed by atoms with Gasteiger partial charge in [0.1, 0.15) is 5.76 Å². The average molecular weight is 364 g/mol. The van der Waals surface area contributed by atoms with Gasteiger partial charge >= 0.3 is 0 Å². The van der Waals surface area contributed by atoms with E-state index in [1.807, 2.05) is 49.4 Å². The number of nitrogens with zero attached hydrogens (tertiary/aromatic N) is 1. The molecule has 0 bridgehead atoms. The lowest BCUT2D eigenvalue weighted by Crippen LogP contribution is -2.25. The minimum absolute atomic E-state index is 0.0115. The van der Waals surface area contributed by atoms with Gasteiger partial charge in [-0.3, -0.25) is 4.79 Å². The molecule has 4 nitrogen and oxygen atoms in total. The van der Waals surface area contributed by atoms with Crippen molar-refractivity contribution >= 4 is 17.7 Å². The van der Waals surface area contributed by atoms with Crippen LogP contribution in [0.25, 0.3) is 11.5 Å². The van der Waals surface area contributed by atoms with E-state index in [4.69, 9.17) is 4.42 Å². The number of carbonyl (C=O) groups excluding carboxylic acids is 1. The highest BCUT2D eigenvalue weighted by molar-refractivity contribution is 7.98. The number of rotatable bonds is 6. The van der Waals surface area contributed by atoms with E-state index in [0.29, 0.717) is 17.5 Å². The topological polar surface area (TPSA) is 55.1 Å². The highest BCUT2D eigenvalue weighted by Gasteiger charge is 2.23. The van der Waals surface area contributed by atoms with Crippen molar-refractivity contribution in [2.24, 2.45) is 0 Å². The molecule has 26 heavy (non-hydrogen) atoms. The number of aromatic nitrogens is 1. The summed E-state index contributed by atoms with van der Waals surface area (Å²) in [5, 5.41) is 2.99. The number of thioether (sulfide) groups is 1. The summed E-state index contributed by atoms with van der Waals surface area (Å²) in [6, 6.07) is 18.0. The third-order valence-corrected chi connectivity index (χ3v) is 5.34. The van der Waals surface area contributed by atoms with Crippen LogP contribution in [0.4, 0.5) is 0 Å². The van der Waals surface area contributed by atoms with Crippen molar-refractivity contribution in [2.75, 3.05) is 0 Å². The van der Waals surface area contributed by atoms with Gasteiger partial charge < -0.3 is 9.73 Å². The predicted octanol–water partition coefficient (Wildman–Crippen LogP) is 4.83. The molecule has 4 rings (SSSR count). The first kappa shape index (κ1) is 16.9. The van der Waals surface area contributed by atoms with Gasteiger partial charge in [-0.05, 0) is 56.2 Å². The Bertz CT molecular complexity index is 900. The molecule has 1 fully saturated rings. The molecule has 0 unspecified atom stereocenters. The molecule has 3 aromatic rings. The van der Waals surface area contributed by atoms with Crippen LogP contribution < -0.4 is 5.32 Å². The lowest BCUT2D eigenvalue weighted by molar-refractivity contribution is 0.0951. The van der Waals surface area contributed by atoms with E-state index in [-0.39, 0.29) is 5.91 Å². The maximum absolute atomic E-state index is 12.1. The number of hydrogen-bond acceptors (Lipinski definition) is 4. The van der Waals surface area contributed by atoms with E-state index in [1.165, 1.54) is 4.90 Å². The maximum atomic E-state index is 12.1. The van der Waals surface area contributed by atoms with Crippen LogP contribution >= 0.6 is 11.8 Å². The fourth-order valence-electron chi connectivity index (χ4n) is 2.61. The molecule has 1 heterocycles. The Morgan fingerprint density at radius 1 is 1.15 bits per heavy atom. The summed E-state index contributed by atoms with van der Waals surface area (Å²) >= 11 is 1.74. The van der Waals surface area contributed by atoms with Crippen molar-refractivity contribution in [1.29, 1.82) is 0 Å². The number of aryl methyl sites for hydroxylation is 1. The van der Waals surface area contributed by atoms with Gasteiger partial charge in [0.15, 0.2) is 0 Å². The van der Waals surface area contributed by atoms with Crippen LogP contribution in [0.3, 0.4) is 0 Å². The molecule has 1 N–H and O–H groups in total. The number of oxazole rings is 1. The largest absolute Gasteiger partial charge is 0.441 e. The minimum atomic E-state index is -0.0115. The Kier molecular flexibility index (Phi) is 4.80. The van der Waals surface area contributed by atoms with Crippen LogP contribution in [0, 0.1) is 6.92 Å². The van der Waals surface area contributed by atoms with Gasteiger partial charge in [0.05, 0.1) is 5.69 Å². The molecule has 0 atom stereocenters. The molecule has 1 saturated carbocycles. The second kappa shape index (κ2) is 7.38. The monoisotopic (exact) mass is 364 g/mol. The fourth-order valence-corrected chi connectivity index (χ4v) is 3.54. The van der Waals surface area contributed by atoms with Crippen molar-refractivity contribution in [1.82, 2.24) is 10.3 Å². The van der Waals surface area contributed by atoms with E-state index < -0.39 is 0 Å². The molecule has 2 aromatic carbocycles. The van der Waals surface area contributed by atoms with Crippen LogP contribution in [0.1, 0.15) is 34.7 Å². The van der Waals surface area contributed by atoms with E-state index in [0.717, 1.165) is 35.6 Å². The van der Waals surface area contributed by atoms with Crippen LogP contribution in [-0.2, 0) is 5.75 Å². The Morgan fingerprint density at radius 2 is 1.88 bits per heavy atom. The maximum Gasteiger partial charge on any atom is 0.251 e. The third kappa shape index (κ3) is 3.99. The molecule has 132 valence electrons. The highest BCUT2D eigenvalue weighted by Crippen LogP contribution is 2.27. The summed E-state index contributed by atoms with van der Waals surface area (Å²) in [5.41, 5.74) is 2.50. The molecule has 0 aliphatic heterocycles. The summed E-state index contributed by atoms with van der Waals surface area (Å²) in [6.07, 6.45) is 2.17. The molecule has 1 amide bonds. The third-order valence-electron chi connectivity index (χ3n) is 4.32. The number of benzene rings is 2. The Labute approximate surface area is 157 Å². The van der Waals surface area contributed by atoms with Gasteiger partial charge in [-0.25, -0.2) is 4.98 Å². The van der Waals surface area contributed by atoms with Crippen LogP contribution in [0.2, 0.25) is 0 Å². The Hall–Kier alpha value is -2.53. The molecular formula is C21H20N2O2S. The quantitative estimate of drug-likeness (QED) is 0.636. The Balaban J connectivity index is 1.45. The second-order valence-electron chi connectivity index (χ2n) is 6.45. The smallest absolute Gasteiger partial charge is 0.251 e. The lowest BCUT2D eigenvalue weighted by atomic mass is 10.1. The van der Waals surface area contributed by atoms with E-state index in [1.54, 1.807) is 11.8 Å². The molecule has 1 aromatic heterocycles. The SMILES string of the molecule is Cc1oc(-c2ccc(C(=O)NC3CC3)cc2)nc1CSc1ccccc1. The van der Waals surface area contributed by atoms with Gasteiger partial charge in [-0.2, -0.15) is 0 Å². The summed E-state index contributed by atoms with van der Waals surface area (Å²) in [4.78, 5) is 17.9. The van der Waals surface area contributed by atoms with Gasteiger partial charge in [0.2, 0.25) is 5.89 Å². The number of carbonyl (C=O) groups is 1. The zero-order valence-corrected chi connectivity index (χ0v) is 15.4. The second-order valence-corrected chi connectivity index (χ2v) is 7.50. The fraction of sp³-hybridized carbons (Fsp3) is 0.238. The van der Waals surface area contributed by atoms with Gasteiger partial charge in [0.25, 0.3) is 5.91 Å². The van der Waals surface area contributed by atoms with E-state index in [2.05, 4.69) is 22.4 Å². The molecule has 0 radical (unpaired) electrons. The number of amides is 1. The van der Waals surface area contributed by atoms with Crippen molar-refractivity contribution in [3.63, 3.8) is 0 Å². The van der Waals surface area contributed by atoms with E-state index in [9.17, 15) is 4.79 Å². The lowest BCUT2D eigenvalue weighted by Gasteiger charge is -2.03. The van der Waals surface area contributed by atoms with Gasteiger partial charge in [-0.1, -0.05) is 18.2 Å². The van der Waals surface area contributed by atoms with E-state index >= 15 is 0 Å². The van der Waals surface area contributed by atoms with Crippen molar-refractivity contribution in [3.05, 3.63) is 71.6 Å². The molecule has 5 heteroatoms. The molecule has 0 saturated heterocycles. The normalized spacial score (nSPS) is 13.6. The highest BCUT2D eigenvalue weighted by atomic mass is 32.2. The molecule has 1 aliphatic rings. The van der Waals surface area contributed by atoms with Crippen LogP contribution in [0.15, 0.2) is 63.9 Å². The van der Waals surface area contributed by atoms with Gasteiger partial charge in [-0.15, -0.1) is 11.8 Å². The van der Waals surface area contributed by atoms with Crippen LogP contribution in [0.5, 0.6) is 0 Å². The average Bonchev–Trinajstić information content (AvgIpc) is 3.41. The summed E-state index contributed by atoms with van der Waals surface area (Å²) in [5.74, 6) is 2.18. The standard InChI is InChI=1S/C21H20N2O2S/c1-14-19(13-26-18-5-3-2-4-6-18)23-21(25-14)16-9-7-15(8-10-16)20(24)22-17-11-12-17/h2-10,17H,11-13H2,1H3,(H,22,24). The van der Waals surface area contributed by atoms with Gasteiger partial charge in [0, 0.05) is 27.8 Å². The summed E-state index contributed by atoms with van der Waals surface area (Å²) < 4.78 is 5.84. The molecular weight excluding hydrogens is 344 g/mol. The first-order valence-electron chi connectivity index (χ1n) is 8.74. The van der Waals surface area contributed by atoms with Crippen molar-refractivity contribution in [2.45, 2.75) is 36.5 Å². The zero-order chi connectivity index (χ0) is 17.9. The number of hydrogen-bond donors (Lipinski definition) is 1. The summed E-state index contributed by atoms with van der Waals surface area (Å²) in [6.45, 7) is 1.94. The Morgan fingerprint density at radius 3 is 2.58 bits per heavy atom. The summed E-state index contributed by atoms with van der Waals surface area (Å²) in [7, 11) is 0.